The molecule has 2 aromatic rings. The number of hydrogen-bond acceptors (Lipinski definition) is 2. The van der Waals surface area contributed by atoms with Crippen LogP contribution >= 0.6 is 11.6 Å². The molecule has 1 N–H and O–H groups in total. The molecule has 0 aromatic heterocycles. The monoisotopic (exact) mass is 297 g/mol. The van der Waals surface area contributed by atoms with Gasteiger partial charge in [-0.15, -0.1) is 0 Å². The van der Waals surface area contributed by atoms with Crippen molar-refractivity contribution in [2.75, 3.05) is 12.4 Å². The normalized spacial score (nSPS) is 10.2. The zero-order chi connectivity index (χ0) is 14.7. The number of hydrogen-bond donors (Lipinski definition) is 1. The first kappa shape index (κ1) is 14.3. The molecule has 0 heterocycles. The van der Waals surface area contributed by atoms with Crippen LogP contribution in [0.2, 0.25) is 5.02 Å². The van der Waals surface area contributed by atoms with E-state index < -0.39 is 17.5 Å². The lowest BCUT2D eigenvalue weighted by atomic mass is 10.2. The number of carbonyl (C=O) groups excluding carboxylic acids is 1. The third kappa shape index (κ3) is 2.88. The van der Waals surface area contributed by atoms with Crippen molar-refractivity contribution < 1.29 is 18.3 Å². The molecule has 0 saturated carbocycles. The highest BCUT2D eigenvalue weighted by atomic mass is 35.5. The standard InChI is InChI=1S/C14H10ClF2NO2/c1-20-12-6-5-8(7-10(12)16)14(19)18-11-4-2-3-9(15)13(11)17/h2-7H,1H3,(H,18,19). The highest BCUT2D eigenvalue weighted by Crippen LogP contribution is 2.23. The summed E-state index contributed by atoms with van der Waals surface area (Å²) in [6, 6.07) is 7.92. The van der Waals surface area contributed by atoms with Crippen LogP contribution in [0.3, 0.4) is 0 Å². The second-order valence-electron chi connectivity index (χ2n) is 3.90. The van der Waals surface area contributed by atoms with E-state index >= 15 is 0 Å². The molecule has 0 aliphatic rings. The number of anilines is 1. The topological polar surface area (TPSA) is 38.3 Å². The summed E-state index contributed by atoms with van der Waals surface area (Å²) in [6.45, 7) is 0. The molecule has 2 aromatic carbocycles. The van der Waals surface area contributed by atoms with Crippen molar-refractivity contribution >= 4 is 23.2 Å². The minimum Gasteiger partial charge on any atom is -0.494 e. The fourth-order valence-electron chi connectivity index (χ4n) is 1.60. The predicted octanol–water partition coefficient (Wildman–Crippen LogP) is 3.88. The van der Waals surface area contributed by atoms with Gasteiger partial charge in [-0.3, -0.25) is 4.79 Å². The average Bonchev–Trinajstić information content (AvgIpc) is 2.43. The lowest BCUT2D eigenvalue weighted by Gasteiger charge is -2.08. The van der Waals surface area contributed by atoms with Crippen molar-refractivity contribution in [1.29, 1.82) is 0 Å². The summed E-state index contributed by atoms with van der Waals surface area (Å²) < 4.78 is 31.9. The molecule has 1 amide bonds. The van der Waals surface area contributed by atoms with Gasteiger partial charge in [0.05, 0.1) is 17.8 Å². The molecule has 0 saturated heterocycles. The molecular weight excluding hydrogens is 288 g/mol. The minimum atomic E-state index is -0.739. The van der Waals surface area contributed by atoms with Gasteiger partial charge >= 0.3 is 0 Å². The number of benzene rings is 2. The lowest BCUT2D eigenvalue weighted by Crippen LogP contribution is -2.13. The van der Waals surface area contributed by atoms with Gasteiger partial charge in [0.25, 0.3) is 5.91 Å². The molecule has 20 heavy (non-hydrogen) atoms. The molecule has 6 heteroatoms. The van der Waals surface area contributed by atoms with Crippen LogP contribution in [-0.2, 0) is 0 Å². The first-order chi connectivity index (χ1) is 9.52. The Balaban J connectivity index is 2.24. The van der Waals surface area contributed by atoms with Crippen molar-refractivity contribution in [3.05, 3.63) is 58.6 Å². The van der Waals surface area contributed by atoms with Crippen molar-refractivity contribution in [2.45, 2.75) is 0 Å². The van der Waals surface area contributed by atoms with Crippen molar-refractivity contribution in [3.8, 4) is 5.75 Å². The Labute approximate surface area is 119 Å². The molecule has 3 nitrogen and oxygen atoms in total. The van der Waals surface area contributed by atoms with Crippen molar-refractivity contribution in [2.24, 2.45) is 0 Å². The summed E-state index contributed by atoms with van der Waals surface area (Å²) in [5.74, 6) is -2.04. The van der Waals surface area contributed by atoms with Crippen LogP contribution < -0.4 is 10.1 Å². The van der Waals surface area contributed by atoms with E-state index in [1.54, 1.807) is 0 Å². The molecule has 104 valence electrons. The maximum absolute atomic E-state index is 13.6. The van der Waals surface area contributed by atoms with Gasteiger partial charge < -0.3 is 10.1 Å². The van der Waals surface area contributed by atoms with Crippen LogP contribution in [-0.4, -0.2) is 13.0 Å². The first-order valence-electron chi connectivity index (χ1n) is 5.62. The molecule has 0 aliphatic carbocycles. The Morgan fingerprint density at radius 1 is 1.25 bits per heavy atom. The fraction of sp³-hybridized carbons (Fsp3) is 0.0714. The smallest absolute Gasteiger partial charge is 0.255 e. The maximum atomic E-state index is 13.6. The molecule has 0 radical (unpaired) electrons. The largest absolute Gasteiger partial charge is 0.494 e. The summed E-state index contributed by atoms with van der Waals surface area (Å²) in [7, 11) is 1.32. The Hall–Kier alpha value is -2.14. The summed E-state index contributed by atoms with van der Waals surface area (Å²) >= 11 is 5.61. The van der Waals surface area contributed by atoms with E-state index in [0.29, 0.717) is 0 Å². The highest BCUT2D eigenvalue weighted by Gasteiger charge is 2.13. The summed E-state index contributed by atoms with van der Waals surface area (Å²) in [6.07, 6.45) is 0. The molecule has 0 atom stereocenters. The van der Waals surface area contributed by atoms with Gasteiger partial charge in [0.1, 0.15) is 0 Å². The number of ether oxygens (including phenoxy) is 1. The Bertz CT molecular complexity index is 662. The quantitative estimate of drug-likeness (QED) is 0.933. The van der Waals surface area contributed by atoms with E-state index in [0.717, 1.165) is 6.07 Å². The zero-order valence-corrected chi connectivity index (χ0v) is 11.2. The summed E-state index contributed by atoms with van der Waals surface area (Å²) in [5.41, 5.74) is -0.0265. The van der Waals surface area contributed by atoms with E-state index in [1.165, 1.54) is 37.4 Å². The van der Waals surface area contributed by atoms with Crippen LogP contribution in [0.5, 0.6) is 5.75 Å². The summed E-state index contributed by atoms with van der Waals surface area (Å²) in [5, 5.41) is 2.22. The molecular formula is C14H10ClF2NO2. The average molecular weight is 298 g/mol. The lowest BCUT2D eigenvalue weighted by molar-refractivity contribution is 0.102. The van der Waals surface area contributed by atoms with E-state index in [9.17, 15) is 13.6 Å². The van der Waals surface area contributed by atoms with Gasteiger partial charge in [-0.1, -0.05) is 17.7 Å². The molecule has 2 rings (SSSR count). The number of nitrogens with one attached hydrogen (secondary N) is 1. The Morgan fingerprint density at radius 3 is 2.65 bits per heavy atom. The van der Waals surface area contributed by atoms with Gasteiger partial charge in [0, 0.05) is 5.56 Å². The van der Waals surface area contributed by atoms with Gasteiger partial charge in [0.2, 0.25) is 0 Å². The van der Waals surface area contributed by atoms with Crippen molar-refractivity contribution in [1.82, 2.24) is 0 Å². The van der Waals surface area contributed by atoms with E-state index in [1.807, 2.05) is 0 Å². The third-order valence-electron chi connectivity index (χ3n) is 2.61. The number of methoxy groups -OCH3 is 1. The van der Waals surface area contributed by atoms with E-state index in [4.69, 9.17) is 16.3 Å². The third-order valence-corrected chi connectivity index (χ3v) is 2.91. The number of carbonyl (C=O) groups is 1. The van der Waals surface area contributed by atoms with Gasteiger partial charge in [-0.05, 0) is 30.3 Å². The molecule has 0 bridgehead atoms. The second kappa shape index (κ2) is 5.88. The molecule has 0 aliphatic heterocycles. The van der Waals surface area contributed by atoms with Crippen LogP contribution in [0.25, 0.3) is 0 Å². The van der Waals surface area contributed by atoms with Crippen LogP contribution in [0.1, 0.15) is 10.4 Å². The van der Waals surface area contributed by atoms with Crippen LogP contribution in [0, 0.1) is 11.6 Å². The van der Waals surface area contributed by atoms with Crippen molar-refractivity contribution in [3.63, 3.8) is 0 Å². The Kier molecular flexibility index (Phi) is 4.20. The number of amides is 1. The molecule has 0 spiro atoms. The molecule has 0 fully saturated rings. The van der Waals surface area contributed by atoms with E-state index in [2.05, 4.69) is 5.32 Å². The highest BCUT2D eigenvalue weighted by molar-refractivity contribution is 6.31. The van der Waals surface area contributed by atoms with Crippen LogP contribution in [0.15, 0.2) is 36.4 Å². The van der Waals surface area contributed by atoms with Gasteiger partial charge in [0.15, 0.2) is 17.4 Å². The first-order valence-corrected chi connectivity index (χ1v) is 5.99. The van der Waals surface area contributed by atoms with Gasteiger partial charge in [-0.25, -0.2) is 8.78 Å². The Morgan fingerprint density at radius 2 is 2.00 bits per heavy atom. The minimum absolute atomic E-state index is 0.0236. The summed E-state index contributed by atoms with van der Waals surface area (Å²) in [4.78, 5) is 11.9. The number of halogens is 3. The van der Waals surface area contributed by atoms with Gasteiger partial charge in [-0.2, -0.15) is 0 Å². The maximum Gasteiger partial charge on any atom is 0.255 e. The number of rotatable bonds is 3. The SMILES string of the molecule is COc1ccc(C(=O)Nc2cccc(Cl)c2F)cc1F. The predicted molar refractivity (Wildman–Crippen MR) is 72.3 cm³/mol. The van der Waals surface area contributed by atoms with E-state index in [-0.39, 0.29) is 22.0 Å². The zero-order valence-electron chi connectivity index (χ0n) is 10.4. The fourth-order valence-corrected chi connectivity index (χ4v) is 1.78. The molecule has 0 unspecified atom stereocenters. The second-order valence-corrected chi connectivity index (χ2v) is 4.31. The van der Waals surface area contributed by atoms with Crippen LogP contribution in [0.4, 0.5) is 14.5 Å².